The lowest BCUT2D eigenvalue weighted by Gasteiger charge is -2.31. The van der Waals surface area contributed by atoms with Gasteiger partial charge in [0.25, 0.3) is 0 Å². The predicted octanol–water partition coefficient (Wildman–Crippen LogP) is 0.563. The number of methoxy groups -OCH3 is 2. The molecule has 104 valence electrons. The Morgan fingerprint density at radius 1 is 1.44 bits per heavy atom. The summed E-state index contributed by atoms with van der Waals surface area (Å²) >= 11 is 5.02. The lowest BCUT2D eigenvalue weighted by Crippen LogP contribution is -2.49. The van der Waals surface area contributed by atoms with Crippen molar-refractivity contribution in [2.75, 3.05) is 34.0 Å². The third-order valence-electron chi connectivity index (χ3n) is 3.37. The monoisotopic (exact) mass is 274 g/mol. The second-order valence-corrected chi connectivity index (χ2v) is 5.18. The number of hydrogen-bond donors (Lipinski definition) is 1. The van der Waals surface area contributed by atoms with E-state index in [1.165, 1.54) is 0 Å². The molecule has 1 fully saturated rings. The molecule has 0 bridgehead atoms. The molecule has 5 nitrogen and oxygen atoms in total. The molecule has 0 heterocycles. The molecule has 1 saturated carbocycles. The maximum absolute atomic E-state index is 12.5. The first-order valence-corrected chi connectivity index (χ1v) is 6.49. The Hall–Kier alpha value is -0.720. The summed E-state index contributed by atoms with van der Waals surface area (Å²) in [4.78, 5) is 14.6. The zero-order valence-electron chi connectivity index (χ0n) is 11.3. The number of hydrogen-bond acceptors (Lipinski definition) is 4. The van der Waals surface area contributed by atoms with Crippen LogP contribution < -0.4 is 5.73 Å². The number of amides is 1. The quantitative estimate of drug-likeness (QED) is 0.655. The van der Waals surface area contributed by atoms with Crippen LogP contribution in [-0.2, 0) is 14.3 Å². The van der Waals surface area contributed by atoms with Crippen molar-refractivity contribution in [1.29, 1.82) is 0 Å². The van der Waals surface area contributed by atoms with Gasteiger partial charge in [-0.2, -0.15) is 0 Å². The van der Waals surface area contributed by atoms with Gasteiger partial charge >= 0.3 is 0 Å². The van der Waals surface area contributed by atoms with Crippen LogP contribution in [0, 0.1) is 5.41 Å². The van der Waals surface area contributed by atoms with Crippen molar-refractivity contribution in [3.63, 3.8) is 0 Å². The highest BCUT2D eigenvalue weighted by Crippen LogP contribution is 2.47. The van der Waals surface area contributed by atoms with E-state index in [4.69, 9.17) is 27.4 Å². The first-order chi connectivity index (χ1) is 8.49. The van der Waals surface area contributed by atoms with E-state index >= 15 is 0 Å². The third kappa shape index (κ3) is 3.18. The van der Waals surface area contributed by atoms with Crippen LogP contribution in [0.15, 0.2) is 0 Å². The van der Waals surface area contributed by atoms with Crippen LogP contribution in [-0.4, -0.2) is 55.8 Å². The van der Waals surface area contributed by atoms with Crippen LogP contribution in [0.4, 0.5) is 0 Å². The van der Waals surface area contributed by atoms with Crippen molar-refractivity contribution >= 4 is 23.1 Å². The van der Waals surface area contributed by atoms with Gasteiger partial charge in [-0.05, 0) is 19.8 Å². The van der Waals surface area contributed by atoms with Gasteiger partial charge in [0.15, 0.2) is 0 Å². The Morgan fingerprint density at radius 2 is 2.06 bits per heavy atom. The van der Waals surface area contributed by atoms with Gasteiger partial charge in [0, 0.05) is 20.8 Å². The van der Waals surface area contributed by atoms with Crippen LogP contribution in [0.5, 0.6) is 0 Å². The molecule has 0 aliphatic heterocycles. The Labute approximate surface area is 114 Å². The van der Waals surface area contributed by atoms with Gasteiger partial charge in [-0.15, -0.1) is 0 Å². The van der Waals surface area contributed by atoms with Gasteiger partial charge in [0.2, 0.25) is 5.91 Å². The summed E-state index contributed by atoms with van der Waals surface area (Å²) in [5, 5.41) is 0. The molecule has 1 aliphatic rings. The van der Waals surface area contributed by atoms with Gasteiger partial charge in [-0.3, -0.25) is 4.79 Å². The van der Waals surface area contributed by atoms with Crippen LogP contribution >= 0.6 is 12.2 Å². The minimum absolute atomic E-state index is 0.00975. The molecule has 1 atom stereocenters. The summed E-state index contributed by atoms with van der Waals surface area (Å²) in [5.41, 5.74) is 5.09. The van der Waals surface area contributed by atoms with Gasteiger partial charge in [-0.25, -0.2) is 0 Å². The van der Waals surface area contributed by atoms with E-state index in [0.717, 1.165) is 12.8 Å². The highest BCUT2D eigenvalue weighted by atomic mass is 32.1. The van der Waals surface area contributed by atoms with Crippen LogP contribution in [0.3, 0.4) is 0 Å². The molecular formula is C12H22N2O3S. The van der Waals surface area contributed by atoms with E-state index in [0.29, 0.717) is 24.7 Å². The Balaban J connectivity index is 2.76. The molecule has 1 unspecified atom stereocenters. The fraction of sp³-hybridized carbons (Fsp3) is 0.833. The van der Waals surface area contributed by atoms with Crippen molar-refractivity contribution in [2.24, 2.45) is 11.1 Å². The number of carbonyl (C=O) groups is 1. The lowest BCUT2D eigenvalue weighted by molar-refractivity contribution is -0.138. The molecular weight excluding hydrogens is 252 g/mol. The minimum atomic E-state index is -0.606. The SMILES string of the molecule is COCCN(C(=O)C1(C(N)=S)CC1)C(C)COC. The molecule has 18 heavy (non-hydrogen) atoms. The zero-order valence-corrected chi connectivity index (χ0v) is 12.1. The molecule has 0 saturated heterocycles. The van der Waals surface area contributed by atoms with Crippen molar-refractivity contribution in [1.82, 2.24) is 4.90 Å². The second-order valence-electron chi connectivity index (χ2n) is 4.74. The second kappa shape index (κ2) is 6.45. The number of nitrogens with zero attached hydrogens (tertiary/aromatic N) is 1. The average Bonchev–Trinajstić information content (AvgIpc) is 3.10. The summed E-state index contributed by atoms with van der Waals surface area (Å²) < 4.78 is 10.2. The van der Waals surface area contributed by atoms with E-state index in [9.17, 15) is 4.79 Å². The topological polar surface area (TPSA) is 64.8 Å². The predicted molar refractivity (Wildman–Crippen MR) is 73.4 cm³/mol. The number of ether oxygens (including phenoxy) is 2. The fourth-order valence-corrected chi connectivity index (χ4v) is 2.30. The molecule has 2 N–H and O–H groups in total. The van der Waals surface area contributed by atoms with E-state index in [-0.39, 0.29) is 11.9 Å². The first kappa shape index (κ1) is 15.3. The van der Waals surface area contributed by atoms with Crippen molar-refractivity contribution in [2.45, 2.75) is 25.8 Å². The molecule has 0 aromatic rings. The van der Waals surface area contributed by atoms with Gasteiger partial charge in [0.05, 0.1) is 29.7 Å². The van der Waals surface area contributed by atoms with Crippen LogP contribution in [0.2, 0.25) is 0 Å². The van der Waals surface area contributed by atoms with Crippen LogP contribution in [0.25, 0.3) is 0 Å². The van der Waals surface area contributed by atoms with Gasteiger partial charge < -0.3 is 20.1 Å². The average molecular weight is 274 g/mol. The molecule has 1 rings (SSSR count). The zero-order chi connectivity index (χ0) is 13.8. The molecule has 1 amide bonds. The highest BCUT2D eigenvalue weighted by Gasteiger charge is 2.54. The molecule has 0 aromatic carbocycles. The van der Waals surface area contributed by atoms with E-state index in [2.05, 4.69) is 0 Å². The smallest absolute Gasteiger partial charge is 0.236 e. The van der Waals surface area contributed by atoms with Crippen molar-refractivity contribution in [3.05, 3.63) is 0 Å². The molecule has 6 heteroatoms. The summed E-state index contributed by atoms with van der Waals surface area (Å²) in [6.45, 7) is 3.47. The van der Waals surface area contributed by atoms with Gasteiger partial charge in [-0.1, -0.05) is 12.2 Å². The molecule has 0 aromatic heterocycles. The highest BCUT2D eigenvalue weighted by molar-refractivity contribution is 7.80. The normalized spacial score (nSPS) is 18.2. The van der Waals surface area contributed by atoms with E-state index in [1.54, 1.807) is 19.1 Å². The summed E-state index contributed by atoms with van der Waals surface area (Å²) in [6, 6.07) is -0.00975. The lowest BCUT2D eigenvalue weighted by atomic mass is 10.0. The van der Waals surface area contributed by atoms with Crippen LogP contribution in [0.1, 0.15) is 19.8 Å². The fourth-order valence-electron chi connectivity index (χ4n) is 2.01. The van der Waals surface area contributed by atoms with Crippen molar-refractivity contribution < 1.29 is 14.3 Å². The maximum Gasteiger partial charge on any atom is 0.236 e. The summed E-state index contributed by atoms with van der Waals surface area (Å²) in [6.07, 6.45) is 1.51. The summed E-state index contributed by atoms with van der Waals surface area (Å²) in [5.74, 6) is 0.0107. The number of rotatable bonds is 8. The van der Waals surface area contributed by atoms with E-state index < -0.39 is 5.41 Å². The standard InChI is InChI=1S/C12H22N2O3S/c1-9(8-17-3)14(6-7-16-2)11(15)12(4-5-12)10(13)18/h9H,4-8H2,1-3H3,(H2,13,18). The largest absolute Gasteiger partial charge is 0.392 e. The third-order valence-corrected chi connectivity index (χ3v) is 3.76. The number of nitrogens with two attached hydrogens (primary N) is 1. The minimum Gasteiger partial charge on any atom is -0.392 e. The van der Waals surface area contributed by atoms with Crippen molar-refractivity contribution in [3.8, 4) is 0 Å². The van der Waals surface area contributed by atoms with Gasteiger partial charge in [0.1, 0.15) is 0 Å². The Kier molecular flexibility index (Phi) is 5.49. The molecule has 0 spiro atoms. The number of carbonyl (C=O) groups excluding carboxylic acids is 1. The molecule has 0 radical (unpaired) electrons. The summed E-state index contributed by atoms with van der Waals surface area (Å²) in [7, 11) is 3.24. The Morgan fingerprint density at radius 3 is 2.44 bits per heavy atom. The number of thiocarbonyl (C=S) groups is 1. The maximum atomic E-state index is 12.5. The molecule has 1 aliphatic carbocycles. The first-order valence-electron chi connectivity index (χ1n) is 6.08. The Bertz CT molecular complexity index is 318. The van der Waals surface area contributed by atoms with E-state index in [1.807, 2.05) is 6.92 Å².